The van der Waals surface area contributed by atoms with Crippen LogP contribution in [-0.2, 0) is 0 Å². The van der Waals surface area contributed by atoms with Gasteiger partial charge in [-0.05, 0) is 18.6 Å². The van der Waals surface area contributed by atoms with Crippen molar-refractivity contribution >= 4 is 17.5 Å². The van der Waals surface area contributed by atoms with Crippen LogP contribution in [0.5, 0.6) is 5.75 Å². The quantitative estimate of drug-likeness (QED) is 0.580. The van der Waals surface area contributed by atoms with Gasteiger partial charge in [0.1, 0.15) is 5.75 Å². The molecule has 14 heavy (non-hydrogen) atoms. The summed E-state index contributed by atoms with van der Waals surface area (Å²) in [6, 6.07) is 3.19. The molecule has 5 N–H and O–H groups in total. The Balaban J connectivity index is 2.98. The second kappa shape index (κ2) is 3.87. The highest BCUT2D eigenvalue weighted by atomic mass is 16.6. The van der Waals surface area contributed by atoms with Crippen LogP contribution in [0.3, 0.4) is 0 Å². The van der Waals surface area contributed by atoms with Gasteiger partial charge in [-0.2, -0.15) is 0 Å². The van der Waals surface area contributed by atoms with Gasteiger partial charge in [0.05, 0.1) is 11.4 Å². The van der Waals surface area contributed by atoms with E-state index in [1.54, 1.807) is 13.0 Å². The highest BCUT2D eigenvalue weighted by molar-refractivity contribution is 5.73. The van der Waals surface area contributed by atoms with Crippen molar-refractivity contribution in [1.82, 2.24) is 5.32 Å². The summed E-state index contributed by atoms with van der Waals surface area (Å²) in [4.78, 5) is 10.9. The molecule has 1 aromatic rings. The van der Waals surface area contributed by atoms with Crippen LogP contribution in [0.4, 0.5) is 16.2 Å². The van der Waals surface area contributed by atoms with Crippen molar-refractivity contribution in [2.75, 3.05) is 18.5 Å². The molecule has 0 aliphatic carbocycles. The zero-order chi connectivity index (χ0) is 10.7. The van der Waals surface area contributed by atoms with Gasteiger partial charge in [0.25, 0.3) is 0 Å². The normalized spacial score (nSPS) is 9.57. The van der Waals surface area contributed by atoms with Crippen LogP contribution in [0.2, 0.25) is 0 Å². The van der Waals surface area contributed by atoms with E-state index in [-0.39, 0.29) is 0 Å². The fraction of sp³-hybridized carbons (Fsp3) is 0.222. The van der Waals surface area contributed by atoms with E-state index < -0.39 is 6.09 Å². The number of hydrogen-bond donors (Lipinski definition) is 3. The standard InChI is InChI=1S/C9H13N3O2/c1-5-3-6(10)7(11)4-8(5)14-9(13)12-2/h3-4H,10-11H2,1-2H3,(H,12,13). The Morgan fingerprint density at radius 1 is 1.36 bits per heavy atom. The molecule has 0 saturated heterocycles. The summed E-state index contributed by atoms with van der Waals surface area (Å²) < 4.78 is 4.94. The van der Waals surface area contributed by atoms with Gasteiger partial charge in [0.2, 0.25) is 0 Å². The molecule has 0 saturated carbocycles. The van der Waals surface area contributed by atoms with Crippen LogP contribution in [0.15, 0.2) is 12.1 Å². The fourth-order valence-electron chi connectivity index (χ4n) is 0.987. The maximum Gasteiger partial charge on any atom is 0.412 e. The minimum absolute atomic E-state index is 0.398. The molecule has 1 amide bonds. The molecule has 1 aromatic carbocycles. The number of rotatable bonds is 1. The van der Waals surface area contributed by atoms with E-state index in [1.807, 2.05) is 0 Å². The highest BCUT2D eigenvalue weighted by Crippen LogP contribution is 2.26. The number of nitrogen functional groups attached to an aromatic ring is 2. The van der Waals surface area contributed by atoms with Crippen LogP contribution in [0.25, 0.3) is 0 Å². The van der Waals surface area contributed by atoms with Gasteiger partial charge < -0.3 is 21.5 Å². The van der Waals surface area contributed by atoms with Crippen molar-refractivity contribution < 1.29 is 9.53 Å². The topological polar surface area (TPSA) is 90.4 Å². The first-order chi connectivity index (χ1) is 6.54. The molecule has 0 spiro atoms. The third-order valence-corrected chi connectivity index (χ3v) is 1.79. The minimum Gasteiger partial charge on any atom is -0.410 e. The maximum absolute atomic E-state index is 10.9. The molecule has 0 fully saturated rings. The molecule has 0 heterocycles. The molecule has 0 radical (unpaired) electrons. The van der Waals surface area contributed by atoms with E-state index in [2.05, 4.69) is 5.32 Å². The molecule has 1 rings (SSSR count). The van der Waals surface area contributed by atoms with E-state index in [0.717, 1.165) is 5.56 Å². The lowest BCUT2D eigenvalue weighted by molar-refractivity contribution is 0.202. The van der Waals surface area contributed by atoms with Crippen molar-refractivity contribution in [2.24, 2.45) is 0 Å². The van der Waals surface area contributed by atoms with Gasteiger partial charge >= 0.3 is 6.09 Å². The van der Waals surface area contributed by atoms with Crippen LogP contribution in [-0.4, -0.2) is 13.1 Å². The van der Waals surface area contributed by atoms with E-state index in [0.29, 0.717) is 17.1 Å². The molecular weight excluding hydrogens is 182 g/mol. The van der Waals surface area contributed by atoms with E-state index in [9.17, 15) is 4.79 Å². The SMILES string of the molecule is CNC(=O)Oc1cc(N)c(N)cc1C. The van der Waals surface area contributed by atoms with Gasteiger partial charge in [-0.25, -0.2) is 4.79 Å². The molecule has 0 aliphatic rings. The maximum atomic E-state index is 10.9. The largest absolute Gasteiger partial charge is 0.412 e. The fourth-order valence-corrected chi connectivity index (χ4v) is 0.987. The Bertz CT molecular complexity index is 363. The number of aryl methyl sites for hydroxylation is 1. The van der Waals surface area contributed by atoms with E-state index in [4.69, 9.17) is 16.2 Å². The summed E-state index contributed by atoms with van der Waals surface area (Å²) >= 11 is 0. The summed E-state index contributed by atoms with van der Waals surface area (Å²) in [7, 11) is 1.48. The number of anilines is 2. The predicted molar refractivity (Wildman–Crippen MR) is 55.1 cm³/mol. The zero-order valence-electron chi connectivity index (χ0n) is 8.13. The number of carbonyl (C=O) groups is 1. The first kappa shape index (κ1) is 10.2. The summed E-state index contributed by atoms with van der Waals surface area (Å²) in [6.07, 6.45) is -0.530. The molecule has 5 nitrogen and oxygen atoms in total. The van der Waals surface area contributed by atoms with Crippen molar-refractivity contribution in [2.45, 2.75) is 6.92 Å². The molecule has 5 heteroatoms. The molecule has 0 bridgehead atoms. The first-order valence-corrected chi connectivity index (χ1v) is 4.09. The third-order valence-electron chi connectivity index (χ3n) is 1.79. The number of benzene rings is 1. The smallest absolute Gasteiger partial charge is 0.410 e. The molecular formula is C9H13N3O2. The molecule has 0 unspecified atom stereocenters. The number of nitrogens with two attached hydrogens (primary N) is 2. The molecule has 0 atom stereocenters. The Kier molecular flexibility index (Phi) is 2.81. The third kappa shape index (κ3) is 2.07. The van der Waals surface area contributed by atoms with Gasteiger partial charge in [-0.15, -0.1) is 0 Å². The lowest BCUT2D eigenvalue weighted by Gasteiger charge is -2.09. The molecule has 0 aliphatic heterocycles. The lowest BCUT2D eigenvalue weighted by atomic mass is 10.2. The Morgan fingerprint density at radius 2 is 1.93 bits per heavy atom. The molecule has 76 valence electrons. The second-order valence-corrected chi connectivity index (χ2v) is 2.89. The average Bonchev–Trinajstić information content (AvgIpc) is 2.14. The Hall–Kier alpha value is -1.91. The van der Waals surface area contributed by atoms with Crippen molar-refractivity contribution in [3.8, 4) is 5.75 Å². The summed E-state index contributed by atoms with van der Waals surface area (Å²) in [5, 5.41) is 2.34. The van der Waals surface area contributed by atoms with Crippen LogP contribution in [0.1, 0.15) is 5.56 Å². The average molecular weight is 195 g/mol. The Labute approximate surface area is 82.0 Å². The number of amides is 1. The van der Waals surface area contributed by atoms with Gasteiger partial charge in [-0.3, -0.25) is 0 Å². The summed E-state index contributed by atoms with van der Waals surface area (Å²) in [5.74, 6) is 0.413. The second-order valence-electron chi connectivity index (χ2n) is 2.89. The van der Waals surface area contributed by atoms with Gasteiger partial charge in [-0.1, -0.05) is 0 Å². The summed E-state index contributed by atoms with van der Waals surface area (Å²) in [6.45, 7) is 1.79. The first-order valence-electron chi connectivity index (χ1n) is 4.09. The minimum atomic E-state index is -0.530. The zero-order valence-corrected chi connectivity index (χ0v) is 8.13. The van der Waals surface area contributed by atoms with Crippen LogP contribution < -0.4 is 21.5 Å². The van der Waals surface area contributed by atoms with E-state index >= 15 is 0 Å². The van der Waals surface area contributed by atoms with Crippen LogP contribution >= 0.6 is 0 Å². The van der Waals surface area contributed by atoms with Crippen LogP contribution in [0, 0.1) is 6.92 Å². The number of nitrogens with one attached hydrogen (secondary N) is 1. The predicted octanol–water partition coefficient (Wildman–Crippen LogP) is 0.878. The lowest BCUT2D eigenvalue weighted by Crippen LogP contribution is -2.22. The number of carbonyl (C=O) groups excluding carboxylic acids is 1. The Morgan fingerprint density at radius 3 is 2.50 bits per heavy atom. The van der Waals surface area contributed by atoms with Gasteiger partial charge in [0.15, 0.2) is 0 Å². The van der Waals surface area contributed by atoms with E-state index in [1.165, 1.54) is 13.1 Å². The monoisotopic (exact) mass is 195 g/mol. The van der Waals surface area contributed by atoms with Crippen molar-refractivity contribution in [3.05, 3.63) is 17.7 Å². The summed E-state index contributed by atoms with van der Waals surface area (Å²) in [5.41, 5.74) is 12.8. The highest BCUT2D eigenvalue weighted by Gasteiger charge is 2.07. The van der Waals surface area contributed by atoms with Crippen molar-refractivity contribution in [1.29, 1.82) is 0 Å². The van der Waals surface area contributed by atoms with Gasteiger partial charge in [0, 0.05) is 13.1 Å². The number of ether oxygens (including phenoxy) is 1. The van der Waals surface area contributed by atoms with Crippen molar-refractivity contribution in [3.63, 3.8) is 0 Å². The molecule has 0 aromatic heterocycles. The number of hydrogen-bond acceptors (Lipinski definition) is 4.